The molecule has 80 valence electrons. The quantitative estimate of drug-likeness (QED) is 0.764. The smallest absolute Gasteiger partial charge is 0.221 e. The SMILES string of the molecule is CC(=O)Nc1ccc(C[C@H](C)C=O)cc1. The summed E-state index contributed by atoms with van der Waals surface area (Å²) in [6.45, 7) is 3.36. The predicted octanol–water partition coefficient (Wildman–Crippen LogP) is 2.02. The Morgan fingerprint density at radius 3 is 2.47 bits per heavy atom. The average Bonchev–Trinajstić information content (AvgIpc) is 2.20. The first kappa shape index (κ1) is 11.4. The van der Waals surface area contributed by atoms with E-state index in [0.717, 1.165) is 24.0 Å². The number of nitrogens with one attached hydrogen (secondary N) is 1. The van der Waals surface area contributed by atoms with Gasteiger partial charge in [0.2, 0.25) is 5.91 Å². The molecule has 1 aromatic rings. The molecule has 3 nitrogen and oxygen atoms in total. The Morgan fingerprint density at radius 1 is 1.40 bits per heavy atom. The first-order valence-corrected chi connectivity index (χ1v) is 4.93. The van der Waals surface area contributed by atoms with Crippen molar-refractivity contribution in [3.8, 4) is 0 Å². The van der Waals surface area contributed by atoms with Gasteiger partial charge in [0.1, 0.15) is 6.29 Å². The summed E-state index contributed by atoms with van der Waals surface area (Å²) in [5.74, 6) is -0.0411. The summed E-state index contributed by atoms with van der Waals surface area (Å²) in [5.41, 5.74) is 1.88. The van der Waals surface area contributed by atoms with Gasteiger partial charge in [-0.2, -0.15) is 0 Å². The van der Waals surface area contributed by atoms with Gasteiger partial charge >= 0.3 is 0 Å². The van der Waals surface area contributed by atoms with Crippen molar-refractivity contribution in [2.45, 2.75) is 20.3 Å². The van der Waals surface area contributed by atoms with E-state index < -0.39 is 0 Å². The third-order valence-corrected chi connectivity index (χ3v) is 2.06. The van der Waals surface area contributed by atoms with Crippen molar-refractivity contribution in [1.29, 1.82) is 0 Å². The normalized spacial score (nSPS) is 11.9. The van der Waals surface area contributed by atoms with E-state index in [2.05, 4.69) is 5.32 Å². The van der Waals surface area contributed by atoms with E-state index in [0.29, 0.717) is 0 Å². The molecule has 3 heteroatoms. The van der Waals surface area contributed by atoms with Crippen LogP contribution >= 0.6 is 0 Å². The summed E-state index contributed by atoms with van der Waals surface area (Å²) < 4.78 is 0. The largest absolute Gasteiger partial charge is 0.326 e. The molecule has 0 bridgehead atoms. The fourth-order valence-electron chi connectivity index (χ4n) is 1.35. The van der Waals surface area contributed by atoms with Gasteiger partial charge in [0.25, 0.3) is 0 Å². The summed E-state index contributed by atoms with van der Waals surface area (Å²) in [6.07, 6.45) is 1.69. The molecule has 0 radical (unpaired) electrons. The van der Waals surface area contributed by atoms with E-state index in [9.17, 15) is 9.59 Å². The molecule has 1 amide bonds. The minimum Gasteiger partial charge on any atom is -0.326 e. The van der Waals surface area contributed by atoms with Crippen LogP contribution in [0, 0.1) is 5.92 Å². The lowest BCUT2D eigenvalue weighted by atomic mass is 10.0. The molecule has 0 unspecified atom stereocenters. The topological polar surface area (TPSA) is 46.2 Å². The van der Waals surface area contributed by atoms with Crippen molar-refractivity contribution in [2.75, 3.05) is 5.32 Å². The van der Waals surface area contributed by atoms with Gasteiger partial charge in [-0.15, -0.1) is 0 Å². The minimum atomic E-state index is -0.0796. The van der Waals surface area contributed by atoms with E-state index >= 15 is 0 Å². The maximum Gasteiger partial charge on any atom is 0.221 e. The number of carbonyl (C=O) groups excluding carboxylic acids is 2. The summed E-state index contributed by atoms with van der Waals surface area (Å²) in [6, 6.07) is 7.53. The van der Waals surface area contributed by atoms with Crippen LogP contribution in [0.5, 0.6) is 0 Å². The van der Waals surface area contributed by atoms with Crippen LogP contribution in [0.1, 0.15) is 19.4 Å². The van der Waals surface area contributed by atoms with Crippen LogP contribution in [-0.2, 0) is 16.0 Å². The van der Waals surface area contributed by atoms with Gasteiger partial charge in [-0.25, -0.2) is 0 Å². The molecule has 0 heterocycles. The number of carbonyl (C=O) groups is 2. The Kier molecular flexibility index (Phi) is 4.03. The number of anilines is 1. The van der Waals surface area contributed by atoms with Gasteiger partial charge < -0.3 is 10.1 Å². The highest BCUT2D eigenvalue weighted by Crippen LogP contribution is 2.12. The van der Waals surface area contributed by atoms with Crippen molar-refractivity contribution in [3.05, 3.63) is 29.8 Å². The number of hydrogen-bond donors (Lipinski definition) is 1. The molecule has 0 saturated carbocycles. The second kappa shape index (κ2) is 5.29. The van der Waals surface area contributed by atoms with Crippen LogP contribution in [-0.4, -0.2) is 12.2 Å². The van der Waals surface area contributed by atoms with Gasteiger partial charge in [0.05, 0.1) is 0 Å². The van der Waals surface area contributed by atoms with Crippen LogP contribution < -0.4 is 5.32 Å². The van der Waals surface area contributed by atoms with Crippen LogP contribution in [0.15, 0.2) is 24.3 Å². The number of benzene rings is 1. The second-order valence-electron chi connectivity index (χ2n) is 3.70. The maximum atomic E-state index is 10.8. The molecular formula is C12H15NO2. The molecule has 0 fully saturated rings. The zero-order valence-corrected chi connectivity index (χ0v) is 8.99. The second-order valence-corrected chi connectivity index (χ2v) is 3.70. The Hall–Kier alpha value is -1.64. The summed E-state index contributed by atoms with van der Waals surface area (Å²) in [4.78, 5) is 21.2. The highest BCUT2D eigenvalue weighted by molar-refractivity contribution is 5.88. The van der Waals surface area contributed by atoms with E-state index in [1.54, 1.807) is 0 Å². The standard InChI is InChI=1S/C12H15NO2/c1-9(8-14)7-11-3-5-12(6-4-11)13-10(2)15/h3-6,8-9H,7H2,1-2H3,(H,13,15)/t9-/m0/s1. The van der Waals surface area contributed by atoms with Crippen molar-refractivity contribution >= 4 is 17.9 Å². The number of rotatable bonds is 4. The summed E-state index contributed by atoms with van der Waals surface area (Å²) >= 11 is 0. The molecular weight excluding hydrogens is 190 g/mol. The minimum absolute atomic E-state index is 0.0385. The summed E-state index contributed by atoms with van der Waals surface area (Å²) in [7, 11) is 0. The van der Waals surface area contributed by atoms with Crippen molar-refractivity contribution in [2.24, 2.45) is 5.92 Å². The van der Waals surface area contributed by atoms with Gasteiger partial charge in [-0.1, -0.05) is 19.1 Å². The van der Waals surface area contributed by atoms with Gasteiger partial charge in [0, 0.05) is 18.5 Å². The van der Waals surface area contributed by atoms with Crippen molar-refractivity contribution < 1.29 is 9.59 Å². The fourth-order valence-corrected chi connectivity index (χ4v) is 1.35. The molecule has 15 heavy (non-hydrogen) atoms. The molecule has 0 aliphatic carbocycles. The molecule has 1 atom stereocenters. The Balaban J connectivity index is 2.63. The molecule has 0 aromatic heterocycles. The lowest BCUT2D eigenvalue weighted by Gasteiger charge is -2.05. The summed E-state index contributed by atoms with van der Waals surface area (Å²) in [5, 5.41) is 2.69. The molecule has 1 rings (SSSR count). The van der Waals surface area contributed by atoms with Crippen LogP contribution in [0.3, 0.4) is 0 Å². The monoisotopic (exact) mass is 205 g/mol. The first-order valence-electron chi connectivity index (χ1n) is 4.93. The predicted molar refractivity (Wildman–Crippen MR) is 59.7 cm³/mol. The average molecular weight is 205 g/mol. The lowest BCUT2D eigenvalue weighted by molar-refractivity contribution is -0.114. The molecule has 0 aliphatic heterocycles. The van der Waals surface area contributed by atoms with Crippen LogP contribution in [0.25, 0.3) is 0 Å². The Bertz CT molecular complexity index is 343. The number of amides is 1. The van der Waals surface area contributed by atoms with Gasteiger partial charge in [-0.3, -0.25) is 4.79 Å². The highest BCUT2D eigenvalue weighted by atomic mass is 16.1. The third kappa shape index (κ3) is 3.94. The Labute approximate surface area is 89.5 Å². The van der Waals surface area contributed by atoms with E-state index in [4.69, 9.17) is 0 Å². The van der Waals surface area contributed by atoms with Crippen LogP contribution in [0.4, 0.5) is 5.69 Å². The number of aldehydes is 1. The highest BCUT2D eigenvalue weighted by Gasteiger charge is 2.01. The molecule has 1 N–H and O–H groups in total. The lowest BCUT2D eigenvalue weighted by Crippen LogP contribution is -2.06. The van der Waals surface area contributed by atoms with Gasteiger partial charge in [-0.05, 0) is 24.1 Å². The van der Waals surface area contributed by atoms with Crippen molar-refractivity contribution in [1.82, 2.24) is 0 Å². The van der Waals surface area contributed by atoms with Crippen molar-refractivity contribution in [3.63, 3.8) is 0 Å². The molecule has 0 spiro atoms. The number of hydrogen-bond acceptors (Lipinski definition) is 2. The van der Waals surface area contributed by atoms with Crippen LogP contribution in [0.2, 0.25) is 0 Å². The fraction of sp³-hybridized carbons (Fsp3) is 0.333. The van der Waals surface area contributed by atoms with E-state index in [-0.39, 0.29) is 11.8 Å². The maximum absolute atomic E-state index is 10.8. The molecule has 0 aliphatic rings. The zero-order chi connectivity index (χ0) is 11.3. The Morgan fingerprint density at radius 2 is 2.00 bits per heavy atom. The van der Waals surface area contributed by atoms with E-state index in [1.165, 1.54) is 6.92 Å². The third-order valence-electron chi connectivity index (χ3n) is 2.06. The van der Waals surface area contributed by atoms with E-state index in [1.807, 2.05) is 31.2 Å². The molecule has 1 aromatic carbocycles. The van der Waals surface area contributed by atoms with Gasteiger partial charge in [0.15, 0.2) is 0 Å². The molecule has 0 saturated heterocycles. The zero-order valence-electron chi connectivity index (χ0n) is 8.99. The first-order chi connectivity index (χ1) is 7.11.